The Hall–Kier alpha value is -2.73. The van der Waals surface area contributed by atoms with E-state index in [9.17, 15) is 4.79 Å². The Morgan fingerprint density at radius 1 is 0.931 bits per heavy atom. The first kappa shape index (κ1) is 22.6. The second-order valence-electron chi connectivity index (χ2n) is 7.85. The average molecular weight is 401 g/mol. The smallest absolute Gasteiger partial charge is 0.258 e. The molecule has 158 valence electrons. The van der Waals surface area contributed by atoms with Crippen LogP contribution in [0.1, 0.15) is 31.9 Å². The third-order valence-electron chi connectivity index (χ3n) is 4.18. The van der Waals surface area contributed by atoms with E-state index in [0.717, 1.165) is 36.6 Å². The van der Waals surface area contributed by atoms with Gasteiger partial charge >= 0.3 is 0 Å². The van der Waals surface area contributed by atoms with Crippen LogP contribution in [0, 0.1) is 0 Å². The number of carbonyl (C=O) groups is 1. The molecule has 0 saturated carbocycles. The first-order valence-corrected chi connectivity index (χ1v) is 9.75. The van der Waals surface area contributed by atoms with E-state index in [0.29, 0.717) is 5.75 Å². The third kappa shape index (κ3) is 8.03. The number of ether oxygens (including phenoxy) is 3. The van der Waals surface area contributed by atoms with E-state index in [1.54, 1.807) is 14.2 Å². The molecule has 0 bridgehead atoms. The molecular weight excluding hydrogens is 368 g/mol. The lowest BCUT2D eigenvalue weighted by molar-refractivity contribution is -0.124. The maximum Gasteiger partial charge on any atom is 0.258 e. The fourth-order valence-electron chi connectivity index (χ4n) is 2.81. The topological polar surface area (TPSA) is 68.8 Å². The van der Waals surface area contributed by atoms with E-state index in [-0.39, 0.29) is 18.1 Å². The number of methoxy groups -OCH3 is 2. The molecule has 29 heavy (non-hydrogen) atoms. The molecule has 0 unspecified atom stereocenters. The first-order valence-electron chi connectivity index (χ1n) is 9.75. The number of amides is 1. The highest BCUT2D eigenvalue weighted by atomic mass is 16.5. The predicted octanol–water partition coefficient (Wildman–Crippen LogP) is 3.33. The number of carbonyl (C=O) groups excluding carboxylic acids is 1. The van der Waals surface area contributed by atoms with Crippen LogP contribution in [0.3, 0.4) is 0 Å². The van der Waals surface area contributed by atoms with Crippen molar-refractivity contribution in [1.82, 2.24) is 10.6 Å². The molecule has 0 heterocycles. The zero-order chi connectivity index (χ0) is 21.3. The van der Waals surface area contributed by atoms with Gasteiger partial charge in [0.1, 0.15) is 5.75 Å². The summed E-state index contributed by atoms with van der Waals surface area (Å²) >= 11 is 0. The molecular formula is C23H32N2O4. The van der Waals surface area contributed by atoms with Gasteiger partial charge in [-0.15, -0.1) is 0 Å². The van der Waals surface area contributed by atoms with Crippen LogP contribution in [-0.4, -0.2) is 38.8 Å². The van der Waals surface area contributed by atoms with Gasteiger partial charge in [0.25, 0.3) is 5.91 Å². The molecule has 0 spiro atoms. The maximum atomic E-state index is 11.8. The summed E-state index contributed by atoms with van der Waals surface area (Å²) < 4.78 is 16.1. The molecule has 0 aliphatic rings. The van der Waals surface area contributed by atoms with Crippen molar-refractivity contribution in [3.05, 3.63) is 53.6 Å². The molecule has 2 aromatic carbocycles. The zero-order valence-corrected chi connectivity index (χ0v) is 18.0. The van der Waals surface area contributed by atoms with E-state index < -0.39 is 0 Å². The summed E-state index contributed by atoms with van der Waals surface area (Å²) in [5.41, 5.74) is 2.09. The zero-order valence-electron chi connectivity index (χ0n) is 18.0. The van der Waals surface area contributed by atoms with Gasteiger partial charge in [-0.2, -0.15) is 0 Å². The molecule has 6 nitrogen and oxygen atoms in total. The van der Waals surface area contributed by atoms with Crippen LogP contribution in [0.4, 0.5) is 0 Å². The van der Waals surface area contributed by atoms with Crippen molar-refractivity contribution in [1.29, 1.82) is 0 Å². The molecule has 2 aromatic rings. The number of hydrogen-bond acceptors (Lipinski definition) is 5. The Kier molecular flexibility index (Phi) is 8.34. The van der Waals surface area contributed by atoms with Crippen molar-refractivity contribution in [3.63, 3.8) is 0 Å². The number of rotatable bonds is 10. The largest absolute Gasteiger partial charge is 0.493 e. The van der Waals surface area contributed by atoms with Gasteiger partial charge in [0.05, 0.1) is 14.2 Å². The molecule has 2 N–H and O–H groups in total. The predicted molar refractivity (Wildman–Crippen MR) is 115 cm³/mol. The van der Waals surface area contributed by atoms with Gasteiger partial charge in [-0.3, -0.25) is 4.79 Å². The molecule has 0 atom stereocenters. The van der Waals surface area contributed by atoms with E-state index in [2.05, 4.69) is 10.6 Å². The number of hydrogen-bond donors (Lipinski definition) is 2. The molecule has 0 aliphatic heterocycles. The molecule has 1 amide bonds. The summed E-state index contributed by atoms with van der Waals surface area (Å²) in [7, 11) is 3.28. The maximum absolute atomic E-state index is 11.8. The Labute approximate surface area is 173 Å². The van der Waals surface area contributed by atoms with Crippen molar-refractivity contribution in [2.24, 2.45) is 0 Å². The van der Waals surface area contributed by atoms with Gasteiger partial charge < -0.3 is 24.8 Å². The quantitative estimate of drug-likeness (QED) is 0.599. The standard InChI is InChI=1S/C23H32N2O4/c1-23(2,3)25-22(26)16-29-19-9-6-18(7-10-19)15-24-13-12-17-8-11-20(27-4)21(14-17)28-5/h6-11,14,24H,12-13,15-16H2,1-5H3,(H,25,26). The monoisotopic (exact) mass is 400 g/mol. The summed E-state index contributed by atoms with van der Waals surface area (Å²) in [5.74, 6) is 2.04. The van der Waals surface area contributed by atoms with Crippen LogP contribution >= 0.6 is 0 Å². The van der Waals surface area contributed by atoms with E-state index in [1.807, 2.05) is 63.2 Å². The van der Waals surface area contributed by atoms with Crippen LogP contribution in [0.5, 0.6) is 17.2 Å². The van der Waals surface area contributed by atoms with Gasteiger partial charge in [0, 0.05) is 12.1 Å². The molecule has 0 aliphatic carbocycles. The summed E-state index contributed by atoms with van der Waals surface area (Å²) in [6.45, 7) is 7.45. The summed E-state index contributed by atoms with van der Waals surface area (Å²) in [5, 5.41) is 6.31. The fraction of sp³-hybridized carbons (Fsp3) is 0.435. The Morgan fingerprint density at radius 3 is 2.21 bits per heavy atom. The van der Waals surface area contributed by atoms with Crippen molar-refractivity contribution in [2.45, 2.75) is 39.3 Å². The van der Waals surface area contributed by atoms with Gasteiger partial charge in [-0.05, 0) is 69.1 Å². The normalized spacial score (nSPS) is 11.1. The van der Waals surface area contributed by atoms with E-state index in [4.69, 9.17) is 14.2 Å². The van der Waals surface area contributed by atoms with Crippen molar-refractivity contribution >= 4 is 5.91 Å². The molecule has 6 heteroatoms. The number of nitrogens with one attached hydrogen (secondary N) is 2. The molecule has 0 aromatic heterocycles. The lowest BCUT2D eigenvalue weighted by Crippen LogP contribution is -2.43. The Bertz CT molecular complexity index is 782. The second kappa shape index (κ2) is 10.7. The fourth-order valence-corrected chi connectivity index (χ4v) is 2.81. The summed E-state index contributed by atoms with van der Waals surface area (Å²) in [6.07, 6.45) is 0.893. The van der Waals surface area contributed by atoms with Crippen LogP contribution in [0.15, 0.2) is 42.5 Å². The minimum absolute atomic E-state index is 0.0141. The van der Waals surface area contributed by atoms with Gasteiger partial charge in [-0.1, -0.05) is 18.2 Å². The van der Waals surface area contributed by atoms with E-state index in [1.165, 1.54) is 5.56 Å². The highest BCUT2D eigenvalue weighted by Gasteiger charge is 2.13. The Balaban J connectivity index is 1.73. The minimum Gasteiger partial charge on any atom is -0.493 e. The van der Waals surface area contributed by atoms with Crippen molar-refractivity contribution in [2.75, 3.05) is 27.4 Å². The minimum atomic E-state index is -0.257. The summed E-state index contributed by atoms with van der Waals surface area (Å²) in [6, 6.07) is 13.7. The first-order chi connectivity index (χ1) is 13.8. The highest BCUT2D eigenvalue weighted by molar-refractivity contribution is 5.78. The lowest BCUT2D eigenvalue weighted by Gasteiger charge is -2.20. The third-order valence-corrected chi connectivity index (χ3v) is 4.18. The second-order valence-corrected chi connectivity index (χ2v) is 7.85. The highest BCUT2D eigenvalue weighted by Crippen LogP contribution is 2.27. The average Bonchev–Trinajstić information content (AvgIpc) is 2.69. The van der Waals surface area contributed by atoms with Gasteiger partial charge in [0.2, 0.25) is 0 Å². The molecule has 0 fully saturated rings. The van der Waals surface area contributed by atoms with Crippen LogP contribution in [-0.2, 0) is 17.8 Å². The lowest BCUT2D eigenvalue weighted by atomic mass is 10.1. The van der Waals surface area contributed by atoms with Crippen LogP contribution in [0.25, 0.3) is 0 Å². The van der Waals surface area contributed by atoms with Gasteiger partial charge in [0.15, 0.2) is 18.1 Å². The summed E-state index contributed by atoms with van der Waals surface area (Å²) in [4.78, 5) is 11.8. The molecule has 0 saturated heterocycles. The van der Waals surface area contributed by atoms with Gasteiger partial charge in [-0.25, -0.2) is 0 Å². The molecule has 2 rings (SSSR count). The molecule has 0 radical (unpaired) electrons. The van der Waals surface area contributed by atoms with Crippen LogP contribution < -0.4 is 24.8 Å². The number of benzene rings is 2. The van der Waals surface area contributed by atoms with Crippen molar-refractivity contribution < 1.29 is 19.0 Å². The van der Waals surface area contributed by atoms with Crippen molar-refractivity contribution in [3.8, 4) is 17.2 Å². The van der Waals surface area contributed by atoms with Crippen LogP contribution in [0.2, 0.25) is 0 Å². The SMILES string of the molecule is COc1ccc(CCNCc2ccc(OCC(=O)NC(C)(C)C)cc2)cc1OC. The van der Waals surface area contributed by atoms with E-state index >= 15 is 0 Å². The Morgan fingerprint density at radius 2 is 1.59 bits per heavy atom.